The number of nitrogens with zero attached hydrogens (tertiary/aromatic N) is 1. The van der Waals surface area contributed by atoms with Gasteiger partial charge < -0.3 is 10.5 Å². The van der Waals surface area contributed by atoms with Gasteiger partial charge in [-0.1, -0.05) is 30.3 Å². The quantitative estimate of drug-likeness (QED) is 0.868. The second-order valence-corrected chi connectivity index (χ2v) is 5.00. The standard InChI is InChI=1S/C15H24N2O/c1-2-18-14-9-6-10-17(11-14)12-15(16)13-7-4-3-5-8-13/h3-5,7-8,14-15H,2,6,9-12,16H2,1H3/t14?,15-/m0/s1. The van der Waals surface area contributed by atoms with E-state index in [1.54, 1.807) is 0 Å². The Morgan fingerprint density at radius 1 is 1.39 bits per heavy atom. The summed E-state index contributed by atoms with van der Waals surface area (Å²) in [6.07, 6.45) is 2.80. The molecule has 0 bridgehead atoms. The molecule has 2 N–H and O–H groups in total. The number of hydrogen-bond donors (Lipinski definition) is 1. The Morgan fingerprint density at radius 2 is 2.17 bits per heavy atom. The molecule has 3 heteroatoms. The average molecular weight is 248 g/mol. The smallest absolute Gasteiger partial charge is 0.0702 e. The molecule has 1 aliphatic rings. The third-order valence-electron chi connectivity index (χ3n) is 3.55. The predicted octanol–water partition coefficient (Wildman–Crippen LogP) is 2.19. The van der Waals surface area contributed by atoms with E-state index in [0.29, 0.717) is 6.10 Å². The van der Waals surface area contributed by atoms with Crippen LogP contribution in [0.5, 0.6) is 0 Å². The van der Waals surface area contributed by atoms with E-state index in [4.69, 9.17) is 10.5 Å². The van der Waals surface area contributed by atoms with Crippen LogP contribution >= 0.6 is 0 Å². The molecule has 0 amide bonds. The van der Waals surface area contributed by atoms with E-state index >= 15 is 0 Å². The van der Waals surface area contributed by atoms with Gasteiger partial charge in [0.15, 0.2) is 0 Å². The fourth-order valence-corrected chi connectivity index (χ4v) is 2.63. The fraction of sp³-hybridized carbons (Fsp3) is 0.600. The molecule has 1 heterocycles. The van der Waals surface area contributed by atoms with Crippen molar-refractivity contribution in [3.63, 3.8) is 0 Å². The topological polar surface area (TPSA) is 38.5 Å². The maximum Gasteiger partial charge on any atom is 0.0702 e. The number of benzene rings is 1. The van der Waals surface area contributed by atoms with E-state index in [9.17, 15) is 0 Å². The van der Waals surface area contributed by atoms with Gasteiger partial charge in [0, 0.05) is 25.7 Å². The van der Waals surface area contributed by atoms with Crippen LogP contribution in [0.15, 0.2) is 30.3 Å². The summed E-state index contributed by atoms with van der Waals surface area (Å²) in [7, 11) is 0. The number of nitrogens with two attached hydrogens (primary N) is 1. The van der Waals surface area contributed by atoms with Crippen molar-refractivity contribution in [2.24, 2.45) is 5.73 Å². The van der Waals surface area contributed by atoms with Crippen LogP contribution in [0.25, 0.3) is 0 Å². The van der Waals surface area contributed by atoms with Crippen molar-refractivity contribution in [2.45, 2.75) is 31.9 Å². The van der Waals surface area contributed by atoms with Crippen molar-refractivity contribution in [3.8, 4) is 0 Å². The number of rotatable bonds is 5. The highest BCUT2D eigenvalue weighted by Gasteiger charge is 2.21. The second-order valence-electron chi connectivity index (χ2n) is 5.00. The van der Waals surface area contributed by atoms with Gasteiger partial charge in [0.1, 0.15) is 0 Å². The summed E-state index contributed by atoms with van der Waals surface area (Å²) >= 11 is 0. The van der Waals surface area contributed by atoms with Crippen LogP contribution in [-0.4, -0.2) is 37.2 Å². The van der Waals surface area contributed by atoms with Crippen molar-refractivity contribution < 1.29 is 4.74 Å². The molecule has 0 spiro atoms. The van der Waals surface area contributed by atoms with Crippen molar-refractivity contribution in [3.05, 3.63) is 35.9 Å². The third-order valence-corrected chi connectivity index (χ3v) is 3.55. The summed E-state index contributed by atoms with van der Waals surface area (Å²) in [6.45, 7) is 5.96. The lowest BCUT2D eigenvalue weighted by Gasteiger charge is -2.34. The van der Waals surface area contributed by atoms with Gasteiger partial charge in [0.05, 0.1) is 6.10 Å². The summed E-state index contributed by atoms with van der Waals surface area (Å²) in [5.41, 5.74) is 7.48. The summed E-state index contributed by atoms with van der Waals surface area (Å²) in [5.74, 6) is 0. The van der Waals surface area contributed by atoms with Crippen LogP contribution in [0.4, 0.5) is 0 Å². The Balaban J connectivity index is 1.85. The third kappa shape index (κ3) is 3.80. The van der Waals surface area contributed by atoms with E-state index in [0.717, 1.165) is 26.2 Å². The predicted molar refractivity (Wildman–Crippen MR) is 74.5 cm³/mol. The normalized spacial score (nSPS) is 22.9. The van der Waals surface area contributed by atoms with Gasteiger partial charge in [-0.3, -0.25) is 4.90 Å². The minimum Gasteiger partial charge on any atom is -0.377 e. The highest BCUT2D eigenvalue weighted by atomic mass is 16.5. The molecule has 100 valence electrons. The van der Waals surface area contributed by atoms with Gasteiger partial charge in [0.2, 0.25) is 0 Å². The zero-order valence-corrected chi connectivity index (χ0v) is 11.2. The van der Waals surface area contributed by atoms with Gasteiger partial charge >= 0.3 is 0 Å². The molecule has 18 heavy (non-hydrogen) atoms. The minimum absolute atomic E-state index is 0.103. The van der Waals surface area contributed by atoms with Crippen LogP contribution in [0.3, 0.4) is 0 Å². The Morgan fingerprint density at radius 3 is 2.89 bits per heavy atom. The van der Waals surface area contributed by atoms with Gasteiger partial charge in [-0.05, 0) is 31.9 Å². The highest BCUT2D eigenvalue weighted by Crippen LogP contribution is 2.17. The van der Waals surface area contributed by atoms with E-state index < -0.39 is 0 Å². The molecule has 1 unspecified atom stereocenters. The van der Waals surface area contributed by atoms with Crippen LogP contribution in [0.2, 0.25) is 0 Å². The number of likely N-dealkylation sites (tertiary alicyclic amines) is 1. The number of hydrogen-bond acceptors (Lipinski definition) is 3. The second kappa shape index (κ2) is 6.88. The summed E-state index contributed by atoms with van der Waals surface area (Å²) in [5, 5.41) is 0. The van der Waals surface area contributed by atoms with Gasteiger partial charge in [-0.15, -0.1) is 0 Å². The van der Waals surface area contributed by atoms with Gasteiger partial charge in [-0.25, -0.2) is 0 Å². The molecule has 1 aromatic carbocycles. The molecule has 1 saturated heterocycles. The van der Waals surface area contributed by atoms with Crippen molar-refractivity contribution >= 4 is 0 Å². The van der Waals surface area contributed by atoms with Crippen LogP contribution in [0.1, 0.15) is 31.4 Å². The molecule has 1 aromatic rings. The van der Waals surface area contributed by atoms with E-state index in [1.165, 1.54) is 18.4 Å². The fourth-order valence-electron chi connectivity index (χ4n) is 2.63. The van der Waals surface area contributed by atoms with E-state index in [1.807, 2.05) is 18.2 Å². The number of ether oxygens (including phenoxy) is 1. The average Bonchev–Trinajstić information content (AvgIpc) is 2.40. The largest absolute Gasteiger partial charge is 0.377 e. The zero-order valence-electron chi connectivity index (χ0n) is 11.2. The molecule has 0 saturated carbocycles. The molecule has 3 nitrogen and oxygen atoms in total. The molecular formula is C15H24N2O. The lowest BCUT2D eigenvalue weighted by Crippen LogP contribution is -2.42. The number of piperidine rings is 1. The summed E-state index contributed by atoms with van der Waals surface area (Å²) in [6, 6.07) is 10.4. The summed E-state index contributed by atoms with van der Waals surface area (Å²) < 4.78 is 5.72. The zero-order chi connectivity index (χ0) is 12.8. The maximum atomic E-state index is 6.26. The minimum atomic E-state index is 0.103. The van der Waals surface area contributed by atoms with Gasteiger partial charge in [-0.2, -0.15) is 0 Å². The van der Waals surface area contributed by atoms with E-state index in [2.05, 4.69) is 24.0 Å². The Bertz CT molecular complexity index is 340. The lowest BCUT2D eigenvalue weighted by molar-refractivity contribution is 0.00449. The van der Waals surface area contributed by atoms with Gasteiger partial charge in [0.25, 0.3) is 0 Å². The lowest BCUT2D eigenvalue weighted by atomic mass is 10.0. The first-order valence-electron chi connectivity index (χ1n) is 6.94. The molecule has 1 aliphatic heterocycles. The molecular weight excluding hydrogens is 224 g/mol. The Hall–Kier alpha value is -0.900. The molecule has 2 rings (SSSR count). The van der Waals surface area contributed by atoms with Crippen LogP contribution in [-0.2, 0) is 4.74 Å². The van der Waals surface area contributed by atoms with Crippen molar-refractivity contribution in [1.82, 2.24) is 4.90 Å². The van der Waals surface area contributed by atoms with Crippen LogP contribution in [0, 0.1) is 0 Å². The first-order valence-corrected chi connectivity index (χ1v) is 6.94. The summed E-state index contributed by atoms with van der Waals surface area (Å²) in [4.78, 5) is 2.43. The maximum absolute atomic E-state index is 6.26. The highest BCUT2D eigenvalue weighted by molar-refractivity contribution is 5.18. The SMILES string of the molecule is CCOC1CCCN(C[C@H](N)c2ccccc2)C1. The first-order chi connectivity index (χ1) is 8.79. The van der Waals surface area contributed by atoms with E-state index in [-0.39, 0.29) is 6.04 Å². The molecule has 0 aliphatic carbocycles. The monoisotopic (exact) mass is 248 g/mol. The van der Waals surface area contributed by atoms with Crippen molar-refractivity contribution in [1.29, 1.82) is 0 Å². The molecule has 0 aromatic heterocycles. The Labute approximate surface area is 110 Å². The molecule has 1 fully saturated rings. The van der Waals surface area contributed by atoms with Crippen LogP contribution < -0.4 is 5.73 Å². The first kappa shape index (κ1) is 13.5. The van der Waals surface area contributed by atoms with Crippen molar-refractivity contribution in [2.75, 3.05) is 26.2 Å². The molecule has 2 atom stereocenters. The Kier molecular flexibility index (Phi) is 5.17. The molecule has 0 radical (unpaired) electrons.